The molecule has 15 heavy (non-hydrogen) atoms. The van der Waals surface area contributed by atoms with Crippen molar-refractivity contribution in [3.05, 3.63) is 0 Å². The minimum absolute atomic E-state index is 0.293. The van der Waals surface area contributed by atoms with Gasteiger partial charge in [-0.2, -0.15) is 5.26 Å². The number of hydrogen-bond donors (Lipinski definition) is 1. The fourth-order valence-corrected chi connectivity index (χ4v) is 1.06. The second-order valence-corrected chi connectivity index (χ2v) is 4.30. The van der Waals surface area contributed by atoms with E-state index < -0.39 is 12.1 Å². The van der Waals surface area contributed by atoms with E-state index in [0.717, 1.165) is 19.3 Å². The molecule has 0 aromatic rings. The van der Waals surface area contributed by atoms with Gasteiger partial charge in [-0.05, 0) is 40.0 Å². The molecule has 0 radical (unpaired) electrons. The normalized spacial score (nSPS) is 13.2. The topological polar surface area (TPSA) is 70.3 Å². The SMILES string of the molecule is CC(OCCCCC(C)(C)C#N)C(=O)O. The molecule has 0 bridgehead atoms. The van der Waals surface area contributed by atoms with E-state index in [9.17, 15) is 4.79 Å². The molecule has 0 aliphatic heterocycles. The third kappa shape index (κ3) is 6.92. The molecule has 4 heteroatoms. The van der Waals surface area contributed by atoms with Gasteiger partial charge in [0.1, 0.15) is 0 Å². The maximum atomic E-state index is 10.4. The molecule has 0 rings (SSSR count). The number of nitrogens with zero attached hydrogens (tertiary/aromatic N) is 1. The lowest BCUT2D eigenvalue weighted by Crippen LogP contribution is -2.20. The van der Waals surface area contributed by atoms with Gasteiger partial charge in [0.05, 0.1) is 11.5 Å². The molecule has 0 amide bonds. The van der Waals surface area contributed by atoms with E-state index in [4.69, 9.17) is 15.1 Å². The molecule has 0 aliphatic rings. The molecule has 0 fully saturated rings. The Morgan fingerprint density at radius 2 is 2.13 bits per heavy atom. The fraction of sp³-hybridized carbons (Fsp3) is 0.818. The van der Waals surface area contributed by atoms with Gasteiger partial charge >= 0.3 is 5.97 Å². The summed E-state index contributed by atoms with van der Waals surface area (Å²) in [7, 11) is 0. The van der Waals surface area contributed by atoms with Gasteiger partial charge in [0.15, 0.2) is 6.10 Å². The van der Waals surface area contributed by atoms with Crippen LogP contribution in [0, 0.1) is 16.7 Å². The molecule has 0 aliphatic carbocycles. The van der Waals surface area contributed by atoms with Crippen molar-refractivity contribution in [2.45, 2.75) is 46.1 Å². The van der Waals surface area contributed by atoms with Crippen LogP contribution in [0.2, 0.25) is 0 Å². The number of carboxylic acids is 1. The number of carboxylic acid groups (broad SMARTS) is 1. The number of nitriles is 1. The predicted molar refractivity (Wildman–Crippen MR) is 56.3 cm³/mol. The second kappa shape index (κ2) is 6.41. The highest BCUT2D eigenvalue weighted by Gasteiger charge is 2.16. The average Bonchev–Trinajstić information content (AvgIpc) is 2.16. The number of unbranched alkanes of at least 4 members (excludes halogenated alkanes) is 1. The molecule has 0 saturated carbocycles. The summed E-state index contributed by atoms with van der Waals surface area (Å²) in [5.41, 5.74) is -0.293. The van der Waals surface area contributed by atoms with Crippen LogP contribution in [-0.4, -0.2) is 23.8 Å². The molecular formula is C11H19NO3. The van der Waals surface area contributed by atoms with Crippen LogP contribution >= 0.6 is 0 Å². The van der Waals surface area contributed by atoms with Crippen LogP contribution in [0.25, 0.3) is 0 Å². The van der Waals surface area contributed by atoms with Crippen LogP contribution in [0.4, 0.5) is 0 Å². The van der Waals surface area contributed by atoms with Gasteiger partial charge in [0.2, 0.25) is 0 Å². The van der Waals surface area contributed by atoms with E-state index in [1.165, 1.54) is 6.92 Å². The monoisotopic (exact) mass is 213 g/mol. The van der Waals surface area contributed by atoms with Gasteiger partial charge in [-0.3, -0.25) is 0 Å². The highest BCUT2D eigenvalue weighted by molar-refractivity contribution is 5.71. The number of hydrogen-bond acceptors (Lipinski definition) is 3. The van der Waals surface area contributed by atoms with E-state index in [-0.39, 0.29) is 5.41 Å². The van der Waals surface area contributed by atoms with E-state index in [1.54, 1.807) is 0 Å². The van der Waals surface area contributed by atoms with Gasteiger partial charge in [-0.1, -0.05) is 0 Å². The standard InChI is InChI=1S/C11H19NO3/c1-9(10(13)14)15-7-5-4-6-11(2,3)8-12/h9H,4-7H2,1-3H3,(H,13,14). The Labute approximate surface area is 90.9 Å². The summed E-state index contributed by atoms with van der Waals surface area (Å²) in [6.45, 7) is 5.75. The summed E-state index contributed by atoms with van der Waals surface area (Å²) in [5, 5.41) is 17.3. The van der Waals surface area contributed by atoms with Gasteiger partial charge in [0, 0.05) is 6.61 Å². The van der Waals surface area contributed by atoms with Crippen molar-refractivity contribution in [3.8, 4) is 6.07 Å². The first kappa shape index (κ1) is 13.9. The molecule has 0 saturated heterocycles. The summed E-state index contributed by atoms with van der Waals surface area (Å²) in [6.07, 6.45) is 1.75. The number of carbonyl (C=O) groups is 1. The summed E-state index contributed by atoms with van der Waals surface area (Å²) < 4.78 is 5.07. The first-order valence-electron chi connectivity index (χ1n) is 5.15. The van der Waals surface area contributed by atoms with Crippen LogP contribution in [0.1, 0.15) is 40.0 Å². The van der Waals surface area contributed by atoms with Crippen LogP contribution < -0.4 is 0 Å². The smallest absolute Gasteiger partial charge is 0.332 e. The van der Waals surface area contributed by atoms with Crippen molar-refractivity contribution in [2.75, 3.05) is 6.61 Å². The summed E-state index contributed by atoms with van der Waals surface area (Å²) in [6, 6.07) is 2.22. The average molecular weight is 213 g/mol. The lowest BCUT2D eigenvalue weighted by atomic mass is 9.89. The highest BCUT2D eigenvalue weighted by Crippen LogP contribution is 2.21. The van der Waals surface area contributed by atoms with Crippen molar-refractivity contribution >= 4 is 5.97 Å². The van der Waals surface area contributed by atoms with E-state index >= 15 is 0 Å². The second-order valence-electron chi connectivity index (χ2n) is 4.30. The van der Waals surface area contributed by atoms with Crippen LogP contribution in [0.5, 0.6) is 0 Å². The minimum Gasteiger partial charge on any atom is -0.479 e. The quantitative estimate of drug-likeness (QED) is 0.658. The maximum absolute atomic E-state index is 10.4. The summed E-state index contributed by atoms with van der Waals surface area (Å²) in [4.78, 5) is 10.4. The van der Waals surface area contributed by atoms with Crippen molar-refractivity contribution in [1.82, 2.24) is 0 Å². The fourth-order valence-electron chi connectivity index (χ4n) is 1.06. The maximum Gasteiger partial charge on any atom is 0.332 e. The largest absolute Gasteiger partial charge is 0.479 e. The highest BCUT2D eigenvalue weighted by atomic mass is 16.5. The predicted octanol–water partition coefficient (Wildman–Crippen LogP) is 2.20. The van der Waals surface area contributed by atoms with Crippen molar-refractivity contribution in [2.24, 2.45) is 5.41 Å². The molecule has 1 atom stereocenters. The van der Waals surface area contributed by atoms with E-state index in [0.29, 0.717) is 6.61 Å². The first-order chi connectivity index (χ1) is 6.89. The number of aliphatic carboxylic acids is 1. The third-order valence-electron chi connectivity index (χ3n) is 2.21. The Morgan fingerprint density at radius 1 is 1.53 bits per heavy atom. The van der Waals surface area contributed by atoms with Crippen molar-refractivity contribution in [3.63, 3.8) is 0 Å². The van der Waals surface area contributed by atoms with Crippen LogP contribution in [-0.2, 0) is 9.53 Å². The van der Waals surface area contributed by atoms with Gasteiger partial charge in [0.25, 0.3) is 0 Å². The van der Waals surface area contributed by atoms with Crippen LogP contribution in [0.3, 0.4) is 0 Å². The van der Waals surface area contributed by atoms with E-state index in [1.807, 2.05) is 13.8 Å². The van der Waals surface area contributed by atoms with Crippen molar-refractivity contribution in [1.29, 1.82) is 5.26 Å². The lowest BCUT2D eigenvalue weighted by Gasteiger charge is -2.14. The van der Waals surface area contributed by atoms with Gasteiger partial charge < -0.3 is 9.84 Å². The summed E-state index contributed by atoms with van der Waals surface area (Å²) >= 11 is 0. The third-order valence-corrected chi connectivity index (χ3v) is 2.21. The van der Waals surface area contributed by atoms with Crippen LogP contribution in [0.15, 0.2) is 0 Å². The molecule has 86 valence electrons. The Balaban J connectivity index is 3.49. The molecule has 0 heterocycles. The van der Waals surface area contributed by atoms with Gasteiger partial charge in [-0.15, -0.1) is 0 Å². The first-order valence-corrected chi connectivity index (χ1v) is 5.15. The molecular weight excluding hydrogens is 194 g/mol. The Bertz CT molecular complexity index is 243. The van der Waals surface area contributed by atoms with Gasteiger partial charge in [-0.25, -0.2) is 4.79 Å². The zero-order valence-electron chi connectivity index (χ0n) is 9.62. The zero-order chi connectivity index (χ0) is 11.9. The van der Waals surface area contributed by atoms with E-state index in [2.05, 4.69) is 6.07 Å². The Hall–Kier alpha value is -1.08. The summed E-state index contributed by atoms with van der Waals surface area (Å²) in [5.74, 6) is -0.938. The molecule has 4 nitrogen and oxygen atoms in total. The zero-order valence-corrected chi connectivity index (χ0v) is 9.62. The molecule has 1 N–H and O–H groups in total. The number of rotatable bonds is 7. The molecule has 0 aromatic carbocycles. The minimum atomic E-state index is -0.938. The molecule has 0 aromatic heterocycles. The Kier molecular flexibility index (Phi) is 5.95. The molecule has 0 spiro atoms. The van der Waals surface area contributed by atoms with Crippen molar-refractivity contribution < 1.29 is 14.6 Å². The lowest BCUT2D eigenvalue weighted by molar-refractivity contribution is -0.149. The molecule has 1 unspecified atom stereocenters. The number of ether oxygens (including phenoxy) is 1. The Morgan fingerprint density at radius 3 is 2.60 bits per heavy atom.